The first-order valence-corrected chi connectivity index (χ1v) is 10.7. The van der Waals surface area contributed by atoms with E-state index in [0.29, 0.717) is 5.92 Å². The molecule has 1 fully saturated rings. The maximum Gasteiger partial charge on any atom is 0.170 e. The minimum atomic E-state index is -0.00813. The summed E-state index contributed by atoms with van der Waals surface area (Å²) in [4.78, 5) is 6.94. The Morgan fingerprint density at radius 3 is 2.50 bits per heavy atom. The Bertz CT molecular complexity index is 1040. The molecule has 0 spiro atoms. The van der Waals surface area contributed by atoms with Gasteiger partial charge in [-0.3, -0.25) is 4.98 Å². The van der Waals surface area contributed by atoms with Gasteiger partial charge in [0, 0.05) is 29.8 Å². The highest BCUT2D eigenvalue weighted by Crippen LogP contribution is 2.41. The molecule has 3 heterocycles. The van der Waals surface area contributed by atoms with Crippen LogP contribution in [0.15, 0.2) is 54.7 Å². The number of phenolic OH excluding ortho intramolecular Hbond substituents is 1. The molecule has 4 rings (SSSR count). The lowest BCUT2D eigenvalue weighted by atomic mass is 9.96. The number of pyridine rings is 1. The van der Waals surface area contributed by atoms with E-state index in [4.69, 9.17) is 12.2 Å². The zero-order chi connectivity index (χ0) is 21.4. The molecular formula is C24H28N4OS. The van der Waals surface area contributed by atoms with Gasteiger partial charge in [0.2, 0.25) is 0 Å². The van der Waals surface area contributed by atoms with Crippen molar-refractivity contribution in [3.8, 4) is 11.4 Å². The second-order valence-electron chi connectivity index (χ2n) is 8.35. The quantitative estimate of drug-likeness (QED) is 0.580. The average Bonchev–Trinajstić information content (AvgIpc) is 3.19. The number of hydrogen-bond acceptors (Lipinski definition) is 3. The number of hydrogen-bond donors (Lipinski definition) is 2. The van der Waals surface area contributed by atoms with E-state index in [-0.39, 0.29) is 17.8 Å². The van der Waals surface area contributed by atoms with Gasteiger partial charge in [-0.2, -0.15) is 0 Å². The van der Waals surface area contributed by atoms with Gasteiger partial charge in [-0.1, -0.05) is 19.9 Å². The van der Waals surface area contributed by atoms with Gasteiger partial charge in [-0.25, -0.2) is 0 Å². The first-order chi connectivity index (χ1) is 14.4. The van der Waals surface area contributed by atoms with Crippen molar-refractivity contribution in [1.82, 2.24) is 19.8 Å². The molecular weight excluding hydrogens is 392 g/mol. The van der Waals surface area contributed by atoms with Gasteiger partial charge in [-0.15, -0.1) is 0 Å². The monoisotopic (exact) mass is 420 g/mol. The van der Waals surface area contributed by atoms with Crippen LogP contribution in [0.25, 0.3) is 5.69 Å². The van der Waals surface area contributed by atoms with Gasteiger partial charge < -0.3 is 19.9 Å². The fourth-order valence-corrected chi connectivity index (χ4v) is 4.74. The molecule has 30 heavy (non-hydrogen) atoms. The predicted octanol–water partition coefficient (Wildman–Crippen LogP) is 4.82. The second kappa shape index (κ2) is 8.11. The third-order valence-electron chi connectivity index (χ3n) is 5.66. The zero-order valence-electron chi connectivity index (χ0n) is 17.8. The van der Waals surface area contributed by atoms with Crippen LogP contribution in [0.2, 0.25) is 0 Å². The van der Waals surface area contributed by atoms with Crippen LogP contribution >= 0.6 is 12.2 Å². The molecule has 0 saturated carbocycles. The van der Waals surface area contributed by atoms with Crippen molar-refractivity contribution in [2.45, 2.75) is 39.8 Å². The van der Waals surface area contributed by atoms with Gasteiger partial charge in [0.25, 0.3) is 0 Å². The lowest BCUT2D eigenvalue weighted by Crippen LogP contribution is -2.33. The van der Waals surface area contributed by atoms with Crippen LogP contribution in [-0.4, -0.2) is 31.2 Å². The third-order valence-corrected chi connectivity index (χ3v) is 6.01. The second-order valence-corrected chi connectivity index (χ2v) is 8.74. The SMILES string of the molecule is Cc1cc([C@H]2[C@H](c3ccccn3)NC(=S)N2CC(C)C)c(C)n1-c1ccc(O)cc1. The largest absolute Gasteiger partial charge is 0.508 e. The number of thiocarbonyl (C=S) groups is 1. The van der Waals surface area contributed by atoms with E-state index in [2.05, 4.69) is 59.6 Å². The number of phenols is 1. The summed E-state index contributed by atoms with van der Waals surface area (Å²) in [6.45, 7) is 9.58. The Morgan fingerprint density at radius 2 is 1.87 bits per heavy atom. The summed E-state index contributed by atoms with van der Waals surface area (Å²) in [6.07, 6.45) is 1.84. The molecule has 5 nitrogen and oxygen atoms in total. The van der Waals surface area contributed by atoms with E-state index in [9.17, 15) is 5.11 Å². The Balaban J connectivity index is 1.83. The number of nitrogens with zero attached hydrogens (tertiary/aromatic N) is 3. The maximum atomic E-state index is 9.68. The fraction of sp³-hybridized carbons (Fsp3) is 0.333. The Morgan fingerprint density at radius 1 is 1.13 bits per heavy atom. The minimum absolute atomic E-state index is 0.00813. The fourth-order valence-electron chi connectivity index (χ4n) is 4.42. The number of benzene rings is 1. The third kappa shape index (κ3) is 3.67. The summed E-state index contributed by atoms with van der Waals surface area (Å²) >= 11 is 5.76. The van der Waals surface area contributed by atoms with E-state index in [1.165, 1.54) is 11.3 Å². The Labute approximate surface area is 183 Å². The van der Waals surface area contributed by atoms with Gasteiger partial charge in [-0.05, 0) is 80.0 Å². The van der Waals surface area contributed by atoms with Gasteiger partial charge >= 0.3 is 0 Å². The number of rotatable bonds is 5. The van der Waals surface area contributed by atoms with Crippen molar-refractivity contribution >= 4 is 17.3 Å². The maximum absolute atomic E-state index is 9.68. The van der Waals surface area contributed by atoms with Crippen LogP contribution < -0.4 is 5.32 Å². The highest BCUT2D eigenvalue weighted by Gasteiger charge is 2.41. The van der Waals surface area contributed by atoms with Crippen molar-refractivity contribution in [3.63, 3.8) is 0 Å². The van der Waals surface area contributed by atoms with Crippen LogP contribution in [0.5, 0.6) is 5.75 Å². The van der Waals surface area contributed by atoms with E-state index in [1.54, 1.807) is 12.1 Å². The van der Waals surface area contributed by atoms with E-state index in [1.807, 2.05) is 30.5 Å². The topological polar surface area (TPSA) is 53.3 Å². The standard InChI is InChI=1S/C24H28N4OS/c1-15(2)14-27-23(22(26-24(27)30)21-7-5-6-12-25-21)20-13-16(3)28(17(20)4)18-8-10-19(29)11-9-18/h5-13,15,22-23,29H,14H2,1-4H3,(H,26,30)/t22-,23-/m0/s1. The smallest absolute Gasteiger partial charge is 0.170 e. The molecule has 1 saturated heterocycles. The molecule has 2 atom stereocenters. The molecule has 0 bridgehead atoms. The summed E-state index contributed by atoms with van der Waals surface area (Å²) in [5.41, 5.74) is 5.59. The van der Waals surface area contributed by atoms with Crippen LogP contribution in [0.4, 0.5) is 0 Å². The molecule has 2 aromatic heterocycles. The van der Waals surface area contributed by atoms with E-state index < -0.39 is 0 Å². The Kier molecular flexibility index (Phi) is 5.52. The first-order valence-electron chi connectivity index (χ1n) is 10.3. The molecule has 6 heteroatoms. The summed E-state index contributed by atoms with van der Waals surface area (Å²) in [7, 11) is 0. The molecule has 0 radical (unpaired) electrons. The molecule has 0 aliphatic carbocycles. The molecule has 1 aliphatic rings. The molecule has 156 valence electrons. The van der Waals surface area contributed by atoms with Crippen molar-refractivity contribution in [1.29, 1.82) is 0 Å². The van der Waals surface area contributed by atoms with E-state index >= 15 is 0 Å². The normalized spacial score (nSPS) is 18.8. The summed E-state index contributed by atoms with van der Waals surface area (Å²) < 4.78 is 2.24. The zero-order valence-corrected chi connectivity index (χ0v) is 18.6. The number of aryl methyl sites for hydroxylation is 1. The van der Waals surface area contributed by atoms with Gasteiger partial charge in [0.15, 0.2) is 5.11 Å². The van der Waals surface area contributed by atoms with E-state index in [0.717, 1.165) is 28.7 Å². The first kappa shape index (κ1) is 20.4. The predicted molar refractivity (Wildman–Crippen MR) is 124 cm³/mol. The van der Waals surface area contributed by atoms with Gasteiger partial charge in [0.05, 0.1) is 17.8 Å². The molecule has 1 aromatic carbocycles. The highest BCUT2D eigenvalue weighted by atomic mass is 32.1. The van der Waals surface area contributed by atoms with Gasteiger partial charge in [0.1, 0.15) is 5.75 Å². The van der Waals surface area contributed by atoms with Crippen molar-refractivity contribution in [2.24, 2.45) is 5.92 Å². The Hall–Kier alpha value is -2.86. The lowest BCUT2D eigenvalue weighted by molar-refractivity contribution is 0.287. The van der Waals surface area contributed by atoms with Crippen LogP contribution in [-0.2, 0) is 0 Å². The summed E-state index contributed by atoms with van der Waals surface area (Å²) in [5.74, 6) is 0.750. The van der Waals surface area contributed by atoms with Crippen LogP contribution in [0.3, 0.4) is 0 Å². The van der Waals surface area contributed by atoms with Crippen molar-refractivity contribution in [3.05, 3.63) is 77.4 Å². The number of aromatic hydroxyl groups is 1. The highest BCUT2D eigenvalue weighted by molar-refractivity contribution is 7.80. The summed E-state index contributed by atoms with van der Waals surface area (Å²) in [5, 5.41) is 14.0. The van der Waals surface area contributed by atoms with Crippen molar-refractivity contribution < 1.29 is 5.11 Å². The molecule has 0 unspecified atom stereocenters. The van der Waals surface area contributed by atoms with Crippen molar-refractivity contribution in [2.75, 3.05) is 6.54 Å². The minimum Gasteiger partial charge on any atom is -0.508 e. The van der Waals surface area contributed by atoms with Crippen LogP contribution in [0.1, 0.15) is 48.6 Å². The number of aromatic nitrogens is 2. The molecule has 3 aromatic rings. The lowest BCUT2D eigenvalue weighted by Gasteiger charge is -2.29. The number of nitrogens with one attached hydrogen (secondary N) is 1. The van der Waals surface area contributed by atoms with Crippen LogP contribution in [0, 0.1) is 19.8 Å². The summed E-state index contributed by atoms with van der Waals surface area (Å²) in [6, 6.07) is 15.7. The molecule has 1 aliphatic heterocycles. The average molecular weight is 421 g/mol. The molecule has 0 amide bonds. The molecule has 2 N–H and O–H groups in total.